The highest BCUT2D eigenvalue weighted by Gasteiger charge is 2.10. The highest BCUT2D eigenvalue weighted by molar-refractivity contribution is 14.1. The largest absolute Gasteiger partial charge is 0.478 e. The van der Waals surface area contributed by atoms with Gasteiger partial charge in [0, 0.05) is 14.8 Å². The zero-order valence-corrected chi connectivity index (χ0v) is 15.1. The highest BCUT2D eigenvalue weighted by Crippen LogP contribution is 2.16. The van der Waals surface area contributed by atoms with Crippen LogP contribution >= 0.6 is 34.8 Å². The van der Waals surface area contributed by atoms with Crippen LogP contribution in [0.1, 0.15) is 26.3 Å². The number of benzene rings is 2. The average Bonchev–Trinajstić information content (AvgIpc) is 2.49. The molecule has 2 rings (SSSR count). The summed E-state index contributed by atoms with van der Waals surface area (Å²) < 4.78 is 0.953. The van der Waals surface area contributed by atoms with Crippen LogP contribution in [0, 0.1) is 10.5 Å². The molecule has 23 heavy (non-hydrogen) atoms. The van der Waals surface area contributed by atoms with Crippen molar-refractivity contribution < 1.29 is 14.7 Å². The summed E-state index contributed by atoms with van der Waals surface area (Å²) in [6.07, 6.45) is 0. The quantitative estimate of drug-likeness (QED) is 0.504. The van der Waals surface area contributed by atoms with Gasteiger partial charge >= 0.3 is 5.97 Å². The first kappa shape index (κ1) is 17.4. The predicted molar refractivity (Wildman–Crippen MR) is 101 cm³/mol. The van der Waals surface area contributed by atoms with Crippen LogP contribution in [-0.4, -0.2) is 22.1 Å². The number of carbonyl (C=O) groups excluding carboxylic acids is 1. The third-order valence-electron chi connectivity index (χ3n) is 3.04. The van der Waals surface area contributed by atoms with Gasteiger partial charge in [-0.2, -0.15) is 0 Å². The second-order valence-electron chi connectivity index (χ2n) is 4.75. The molecular formula is C16H13IN2O3S. The third-order valence-corrected chi connectivity index (χ3v) is 3.91. The molecule has 3 N–H and O–H groups in total. The van der Waals surface area contributed by atoms with E-state index >= 15 is 0 Å². The number of amides is 1. The number of rotatable bonds is 3. The van der Waals surface area contributed by atoms with Gasteiger partial charge in [0.15, 0.2) is 5.11 Å². The maximum atomic E-state index is 12.1. The first-order chi connectivity index (χ1) is 10.9. The van der Waals surface area contributed by atoms with Gasteiger partial charge in [-0.3, -0.25) is 10.1 Å². The van der Waals surface area contributed by atoms with Gasteiger partial charge < -0.3 is 10.4 Å². The van der Waals surface area contributed by atoms with E-state index in [4.69, 9.17) is 17.3 Å². The average molecular weight is 440 g/mol. The fourth-order valence-electron chi connectivity index (χ4n) is 1.90. The van der Waals surface area contributed by atoms with Crippen LogP contribution in [0.2, 0.25) is 0 Å². The molecule has 0 bridgehead atoms. The summed E-state index contributed by atoms with van der Waals surface area (Å²) in [6.45, 7) is 1.76. The molecule has 0 aliphatic heterocycles. The van der Waals surface area contributed by atoms with Gasteiger partial charge in [0.1, 0.15) is 0 Å². The van der Waals surface area contributed by atoms with E-state index in [1.54, 1.807) is 31.2 Å². The van der Waals surface area contributed by atoms with Crippen molar-refractivity contribution >= 4 is 57.5 Å². The molecule has 0 unspecified atom stereocenters. The Bertz CT molecular complexity index is 793. The summed E-state index contributed by atoms with van der Waals surface area (Å²) in [4.78, 5) is 23.0. The van der Waals surface area contributed by atoms with Crippen LogP contribution in [0.15, 0.2) is 42.5 Å². The standard InChI is InChI=1S/C16H13IN2O3S/c1-9-7-11(15(21)22)5-6-13(9)18-16(23)19-14(20)10-3-2-4-12(17)8-10/h2-8H,1H3,(H,21,22)(H2,18,19,20,23). The van der Waals surface area contributed by atoms with Gasteiger partial charge in [0.25, 0.3) is 5.91 Å². The number of carbonyl (C=O) groups is 2. The summed E-state index contributed by atoms with van der Waals surface area (Å²) in [5.74, 6) is -1.30. The van der Waals surface area contributed by atoms with Crippen LogP contribution in [-0.2, 0) is 0 Å². The lowest BCUT2D eigenvalue weighted by Gasteiger charge is -2.12. The number of halogens is 1. The lowest BCUT2D eigenvalue weighted by atomic mass is 10.1. The van der Waals surface area contributed by atoms with Crippen molar-refractivity contribution in [2.24, 2.45) is 0 Å². The van der Waals surface area contributed by atoms with Crippen LogP contribution < -0.4 is 10.6 Å². The van der Waals surface area contributed by atoms with E-state index in [0.29, 0.717) is 11.3 Å². The number of thiocarbonyl (C=S) groups is 1. The van der Waals surface area contributed by atoms with E-state index in [1.807, 2.05) is 6.07 Å². The summed E-state index contributed by atoms with van der Waals surface area (Å²) in [6, 6.07) is 11.8. The molecule has 0 aromatic heterocycles. The van der Waals surface area contributed by atoms with Crippen LogP contribution in [0.5, 0.6) is 0 Å². The monoisotopic (exact) mass is 440 g/mol. The van der Waals surface area contributed by atoms with Gasteiger partial charge in [0.2, 0.25) is 0 Å². The van der Waals surface area contributed by atoms with E-state index in [2.05, 4.69) is 33.2 Å². The molecule has 118 valence electrons. The lowest BCUT2D eigenvalue weighted by Crippen LogP contribution is -2.34. The van der Waals surface area contributed by atoms with E-state index in [-0.39, 0.29) is 16.6 Å². The fraction of sp³-hybridized carbons (Fsp3) is 0.0625. The Labute approximate surface area is 152 Å². The van der Waals surface area contributed by atoms with Crippen molar-refractivity contribution in [3.63, 3.8) is 0 Å². The Morgan fingerprint density at radius 2 is 1.87 bits per heavy atom. The molecule has 5 nitrogen and oxygen atoms in total. The fourth-order valence-corrected chi connectivity index (χ4v) is 2.64. The molecule has 0 saturated carbocycles. The third kappa shape index (κ3) is 4.73. The van der Waals surface area contributed by atoms with Gasteiger partial charge in [-0.05, 0) is 83.7 Å². The Balaban J connectivity index is 2.05. The Morgan fingerprint density at radius 1 is 1.13 bits per heavy atom. The SMILES string of the molecule is Cc1cc(C(=O)O)ccc1NC(=S)NC(=O)c1cccc(I)c1. The number of nitrogens with one attached hydrogen (secondary N) is 2. The first-order valence-electron chi connectivity index (χ1n) is 6.58. The Hall–Kier alpha value is -2.00. The zero-order chi connectivity index (χ0) is 17.0. The molecule has 0 aliphatic rings. The Morgan fingerprint density at radius 3 is 2.48 bits per heavy atom. The molecule has 0 fully saturated rings. The summed E-state index contributed by atoms with van der Waals surface area (Å²) in [5.41, 5.74) is 2.07. The van der Waals surface area contributed by atoms with E-state index in [9.17, 15) is 9.59 Å². The van der Waals surface area contributed by atoms with Crippen LogP contribution in [0.25, 0.3) is 0 Å². The molecule has 2 aromatic rings. The molecule has 0 aliphatic carbocycles. The summed E-state index contributed by atoms with van der Waals surface area (Å²) >= 11 is 7.26. The van der Waals surface area contributed by atoms with Crippen molar-refractivity contribution in [1.29, 1.82) is 0 Å². The second kappa shape index (κ2) is 7.51. The van der Waals surface area contributed by atoms with E-state index in [0.717, 1.165) is 9.13 Å². The molecule has 1 amide bonds. The minimum Gasteiger partial charge on any atom is -0.478 e. The van der Waals surface area contributed by atoms with Crippen LogP contribution in [0.3, 0.4) is 0 Å². The number of carboxylic acid groups (broad SMARTS) is 1. The maximum Gasteiger partial charge on any atom is 0.335 e. The zero-order valence-electron chi connectivity index (χ0n) is 12.1. The normalized spacial score (nSPS) is 10.0. The number of hydrogen-bond donors (Lipinski definition) is 3. The first-order valence-corrected chi connectivity index (χ1v) is 8.07. The number of carboxylic acids is 1. The number of hydrogen-bond acceptors (Lipinski definition) is 3. The molecule has 0 heterocycles. The molecule has 7 heteroatoms. The molecule has 0 radical (unpaired) electrons. The van der Waals surface area contributed by atoms with Crippen LogP contribution in [0.4, 0.5) is 5.69 Å². The van der Waals surface area contributed by atoms with Gasteiger partial charge in [-0.1, -0.05) is 6.07 Å². The predicted octanol–water partition coefficient (Wildman–Crippen LogP) is 3.42. The minimum atomic E-state index is -0.991. The molecule has 0 atom stereocenters. The molecule has 0 saturated heterocycles. The van der Waals surface area contributed by atoms with E-state index < -0.39 is 5.97 Å². The second-order valence-corrected chi connectivity index (χ2v) is 6.41. The number of aryl methyl sites for hydroxylation is 1. The van der Waals surface area contributed by atoms with E-state index in [1.165, 1.54) is 12.1 Å². The maximum absolute atomic E-state index is 12.1. The van der Waals surface area contributed by atoms with Crippen molar-refractivity contribution in [3.05, 3.63) is 62.7 Å². The molecular weight excluding hydrogens is 427 g/mol. The smallest absolute Gasteiger partial charge is 0.335 e. The van der Waals surface area contributed by atoms with Crippen molar-refractivity contribution in [1.82, 2.24) is 5.32 Å². The number of anilines is 1. The van der Waals surface area contributed by atoms with Gasteiger partial charge in [-0.25, -0.2) is 4.79 Å². The van der Waals surface area contributed by atoms with Crippen molar-refractivity contribution in [3.8, 4) is 0 Å². The van der Waals surface area contributed by atoms with Crippen molar-refractivity contribution in [2.45, 2.75) is 6.92 Å². The highest BCUT2D eigenvalue weighted by atomic mass is 127. The number of aromatic carboxylic acids is 1. The summed E-state index contributed by atoms with van der Waals surface area (Å²) in [5, 5.41) is 14.6. The minimum absolute atomic E-state index is 0.153. The molecule has 0 spiro atoms. The summed E-state index contributed by atoms with van der Waals surface area (Å²) in [7, 11) is 0. The lowest BCUT2D eigenvalue weighted by molar-refractivity contribution is 0.0696. The Kier molecular flexibility index (Phi) is 5.67. The van der Waals surface area contributed by atoms with Gasteiger partial charge in [0.05, 0.1) is 5.56 Å². The van der Waals surface area contributed by atoms with Gasteiger partial charge in [-0.15, -0.1) is 0 Å². The van der Waals surface area contributed by atoms with Crippen molar-refractivity contribution in [2.75, 3.05) is 5.32 Å². The topological polar surface area (TPSA) is 78.4 Å². The molecule has 2 aromatic carbocycles.